The molecule has 0 saturated carbocycles. The average Bonchev–Trinajstić information content (AvgIpc) is 2.82. The summed E-state index contributed by atoms with van der Waals surface area (Å²) >= 11 is 0. The number of nitro groups is 1. The van der Waals surface area contributed by atoms with Gasteiger partial charge < -0.3 is 9.64 Å². The van der Waals surface area contributed by atoms with E-state index in [-0.39, 0.29) is 23.8 Å². The minimum absolute atomic E-state index is 0.000323. The van der Waals surface area contributed by atoms with Crippen molar-refractivity contribution >= 4 is 17.4 Å². The molecule has 2 aromatic carbocycles. The lowest BCUT2D eigenvalue weighted by Gasteiger charge is -2.17. The molecule has 9 heteroatoms. The lowest BCUT2D eigenvalue weighted by Crippen LogP contribution is -2.29. The van der Waals surface area contributed by atoms with Gasteiger partial charge in [-0.25, -0.2) is 9.97 Å². The van der Waals surface area contributed by atoms with Crippen LogP contribution >= 0.6 is 0 Å². The summed E-state index contributed by atoms with van der Waals surface area (Å²) in [5.41, 5.74) is 0.923. The smallest absolute Gasteiger partial charge is 0.269 e. The largest absolute Gasteiger partial charge is 0.494 e. The lowest BCUT2D eigenvalue weighted by atomic mass is 10.1. The van der Waals surface area contributed by atoms with Crippen molar-refractivity contribution in [3.8, 4) is 5.75 Å². The van der Waals surface area contributed by atoms with Crippen molar-refractivity contribution in [1.82, 2.24) is 14.9 Å². The van der Waals surface area contributed by atoms with E-state index in [9.17, 15) is 19.7 Å². The van der Waals surface area contributed by atoms with Gasteiger partial charge in [-0.1, -0.05) is 30.3 Å². The second-order valence-corrected chi connectivity index (χ2v) is 7.03. The topological polar surface area (TPSA) is 116 Å². The molecule has 3 rings (SSSR count). The van der Waals surface area contributed by atoms with Crippen molar-refractivity contribution in [2.75, 3.05) is 20.2 Å². The predicted octanol–water partition coefficient (Wildman–Crippen LogP) is 3.35. The molecule has 3 aromatic rings. The second-order valence-electron chi connectivity index (χ2n) is 7.03. The number of amides is 1. The van der Waals surface area contributed by atoms with E-state index in [0.717, 1.165) is 0 Å². The number of nitro benzene ring substituents is 1. The van der Waals surface area contributed by atoms with Crippen molar-refractivity contribution in [2.45, 2.75) is 12.8 Å². The molecule has 9 nitrogen and oxygen atoms in total. The van der Waals surface area contributed by atoms with E-state index < -0.39 is 4.92 Å². The van der Waals surface area contributed by atoms with Crippen LogP contribution in [0.15, 0.2) is 67.0 Å². The molecule has 0 unspecified atom stereocenters. The van der Waals surface area contributed by atoms with Crippen LogP contribution in [0, 0.1) is 10.1 Å². The van der Waals surface area contributed by atoms with Gasteiger partial charge in [-0.2, -0.15) is 0 Å². The Morgan fingerprint density at radius 2 is 1.66 bits per heavy atom. The number of benzene rings is 2. The third-order valence-electron chi connectivity index (χ3n) is 4.67. The number of Topliss-reactive ketones (excluding diaryl/α,β-unsaturated/α-hetero) is 1. The van der Waals surface area contributed by atoms with Gasteiger partial charge in [0.15, 0.2) is 5.78 Å². The highest BCUT2D eigenvalue weighted by atomic mass is 16.6. The number of hydrogen-bond donors (Lipinski definition) is 0. The molecule has 0 aliphatic heterocycles. The number of aromatic nitrogens is 2. The Morgan fingerprint density at radius 3 is 2.28 bits per heavy atom. The molecule has 0 aliphatic carbocycles. The fourth-order valence-electron chi connectivity index (χ4n) is 2.90. The van der Waals surface area contributed by atoms with Gasteiger partial charge in [-0.15, -0.1) is 0 Å². The van der Waals surface area contributed by atoms with Gasteiger partial charge >= 0.3 is 0 Å². The highest BCUT2D eigenvalue weighted by molar-refractivity contribution is 5.97. The Kier molecular flexibility index (Phi) is 7.58. The molecule has 1 amide bonds. The molecule has 1 aromatic heterocycles. The third kappa shape index (κ3) is 6.18. The third-order valence-corrected chi connectivity index (χ3v) is 4.67. The van der Waals surface area contributed by atoms with Crippen LogP contribution < -0.4 is 4.74 Å². The maximum atomic E-state index is 12.5. The molecule has 32 heavy (non-hydrogen) atoms. The van der Waals surface area contributed by atoms with Gasteiger partial charge in [0.05, 0.1) is 23.5 Å². The van der Waals surface area contributed by atoms with Gasteiger partial charge in [-0.3, -0.25) is 19.7 Å². The minimum Gasteiger partial charge on any atom is -0.494 e. The number of hydrogen-bond acceptors (Lipinski definition) is 7. The average molecular weight is 434 g/mol. The van der Waals surface area contributed by atoms with Crippen LogP contribution in [-0.4, -0.2) is 51.7 Å². The Hall–Kier alpha value is -4.14. The molecular formula is C23H22N4O5. The van der Waals surface area contributed by atoms with E-state index in [1.807, 2.05) is 6.07 Å². The predicted molar refractivity (Wildman–Crippen MR) is 117 cm³/mol. The fraction of sp³-hybridized carbons (Fsp3) is 0.217. The quantitative estimate of drug-likeness (QED) is 0.208. The number of carbonyl (C=O) groups is 2. The zero-order chi connectivity index (χ0) is 22.9. The molecule has 0 bridgehead atoms. The van der Waals surface area contributed by atoms with Crippen molar-refractivity contribution in [1.29, 1.82) is 0 Å². The Bertz CT molecular complexity index is 1070. The minimum atomic E-state index is -0.470. The summed E-state index contributed by atoms with van der Waals surface area (Å²) in [6.45, 7) is 0.798. The zero-order valence-electron chi connectivity index (χ0n) is 17.5. The summed E-state index contributed by atoms with van der Waals surface area (Å²) in [6.07, 6.45) is 3.48. The van der Waals surface area contributed by atoms with Crippen LogP contribution in [-0.2, 0) is 6.42 Å². The summed E-state index contributed by atoms with van der Waals surface area (Å²) in [6, 6.07) is 14.7. The Balaban J connectivity index is 1.44. The van der Waals surface area contributed by atoms with E-state index in [1.165, 1.54) is 41.6 Å². The molecule has 0 N–H and O–H groups in total. The first-order chi connectivity index (χ1) is 15.4. The lowest BCUT2D eigenvalue weighted by molar-refractivity contribution is -0.384. The van der Waals surface area contributed by atoms with E-state index >= 15 is 0 Å². The number of carbonyl (C=O) groups excluding carboxylic acids is 2. The van der Waals surface area contributed by atoms with Crippen LogP contribution in [0.1, 0.15) is 33.0 Å². The van der Waals surface area contributed by atoms with Gasteiger partial charge in [0.1, 0.15) is 11.6 Å². The highest BCUT2D eigenvalue weighted by Crippen LogP contribution is 2.17. The summed E-state index contributed by atoms with van der Waals surface area (Å²) < 4.78 is 5.55. The van der Waals surface area contributed by atoms with Crippen molar-refractivity contribution in [2.24, 2.45) is 0 Å². The Morgan fingerprint density at radius 1 is 1.00 bits per heavy atom. The highest BCUT2D eigenvalue weighted by Gasteiger charge is 2.14. The molecular weight excluding hydrogens is 412 g/mol. The van der Waals surface area contributed by atoms with Gasteiger partial charge in [0.25, 0.3) is 11.6 Å². The van der Waals surface area contributed by atoms with Gasteiger partial charge in [-0.05, 0) is 18.6 Å². The van der Waals surface area contributed by atoms with Crippen molar-refractivity contribution in [3.05, 3.63) is 94.1 Å². The maximum absolute atomic E-state index is 12.5. The molecule has 0 spiro atoms. The number of nitrogens with zero attached hydrogens (tertiary/aromatic N) is 4. The van der Waals surface area contributed by atoms with Crippen LogP contribution in [0.4, 0.5) is 5.69 Å². The molecule has 1 heterocycles. The first kappa shape index (κ1) is 22.5. The molecule has 0 aliphatic rings. The molecule has 0 radical (unpaired) electrons. The van der Waals surface area contributed by atoms with Crippen LogP contribution in [0.25, 0.3) is 0 Å². The molecule has 164 valence electrons. The second kappa shape index (κ2) is 10.8. The number of ketones is 1. The summed E-state index contributed by atoms with van der Waals surface area (Å²) in [7, 11) is 1.67. The van der Waals surface area contributed by atoms with E-state index in [2.05, 4.69) is 9.97 Å². The molecule has 0 atom stereocenters. The van der Waals surface area contributed by atoms with Crippen LogP contribution in [0.5, 0.6) is 5.75 Å². The summed E-state index contributed by atoms with van der Waals surface area (Å²) in [5.74, 6) is 0.559. The first-order valence-electron chi connectivity index (χ1n) is 9.96. The molecule has 0 saturated heterocycles. The SMILES string of the molecule is CN(CCCOc1ccc([N+](=O)[O-])cc1)C(=O)c1cnc(CC(=O)c2ccccc2)nc1. The normalized spacial score (nSPS) is 10.4. The number of rotatable bonds is 10. The fourth-order valence-corrected chi connectivity index (χ4v) is 2.90. The summed E-state index contributed by atoms with van der Waals surface area (Å²) in [4.78, 5) is 44.8. The standard InChI is InChI=1S/C23H22N4O5/c1-26(12-5-13-32-20-10-8-19(9-11-20)27(30)31)23(29)18-15-24-22(25-16-18)14-21(28)17-6-3-2-4-7-17/h2-4,6-11,15-16H,5,12-14H2,1H3. The van der Waals surface area contributed by atoms with Crippen LogP contribution in [0.2, 0.25) is 0 Å². The van der Waals surface area contributed by atoms with Crippen molar-refractivity contribution < 1.29 is 19.2 Å². The van der Waals surface area contributed by atoms with E-state index in [1.54, 1.807) is 31.3 Å². The van der Waals surface area contributed by atoms with E-state index in [0.29, 0.717) is 42.3 Å². The number of ether oxygens (including phenoxy) is 1. The number of non-ortho nitro benzene ring substituents is 1. The van der Waals surface area contributed by atoms with E-state index in [4.69, 9.17) is 4.74 Å². The molecule has 0 fully saturated rings. The summed E-state index contributed by atoms with van der Waals surface area (Å²) in [5, 5.41) is 10.7. The van der Waals surface area contributed by atoms with Gasteiger partial charge in [0.2, 0.25) is 0 Å². The first-order valence-corrected chi connectivity index (χ1v) is 9.96. The zero-order valence-corrected chi connectivity index (χ0v) is 17.5. The maximum Gasteiger partial charge on any atom is 0.269 e. The Labute approximate surface area is 184 Å². The van der Waals surface area contributed by atoms with Crippen LogP contribution in [0.3, 0.4) is 0 Å². The van der Waals surface area contributed by atoms with Crippen molar-refractivity contribution in [3.63, 3.8) is 0 Å². The monoisotopic (exact) mass is 434 g/mol. The van der Waals surface area contributed by atoms with Gasteiger partial charge in [0, 0.05) is 43.7 Å².